The van der Waals surface area contributed by atoms with Crippen LogP contribution in [0.1, 0.15) is 11.6 Å². The van der Waals surface area contributed by atoms with Crippen molar-refractivity contribution in [3.8, 4) is 0 Å². The third-order valence-corrected chi connectivity index (χ3v) is 6.63. The fourth-order valence-corrected chi connectivity index (χ4v) is 5.12. The average molecular weight is 408 g/mol. The molecule has 4 nitrogen and oxygen atoms in total. The van der Waals surface area contributed by atoms with Crippen molar-refractivity contribution in [3.05, 3.63) is 46.6 Å². The molecule has 1 aromatic heterocycles. The zero-order valence-corrected chi connectivity index (χ0v) is 16.0. The van der Waals surface area contributed by atoms with Crippen molar-refractivity contribution in [2.75, 3.05) is 39.3 Å². The molecule has 0 aliphatic carbocycles. The Balaban J connectivity index is 1.63. The Morgan fingerprint density at radius 1 is 1.17 bits per heavy atom. The standard InChI is InChI=1S/C18H22BrN3OS/c19-14-3-4-17-15(12-14)16(13-22-5-1-2-18(22)24-17)21-8-6-20(7-9-21)10-11-23/h1-5,12,16,23H,6-11,13H2/t16-/m0/s1. The van der Waals surface area contributed by atoms with Gasteiger partial charge in [0.2, 0.25) is 0 Å². The minimum atomic E-state index is 0.253. The molecule has 1 saturated heterocycles. The van der Waals surface area contributed by atoms with E-state index in [1.165, 1.54) is 15.5 Å². The van der Waals surface area contributed by atoms with Crippen LogP contribution in [-0.2, 0) is 6.54 Å². The van der Waals surface area contributed by atoms with E-state index in [0.717, 1.165) is 43.7 Å². The van der Waals surface area contributed by atoms with Crippen LogP contribution in [0.3, 0.4) is 0 Å². The molecular weight excluding hydrogens is 386 g/mol. The molecule has 6 heteroatoms. The Morgan fingerprint density at radius 2 is 2.00 bits per heavy atom. The number of β-amino-alcohol motifs (C(OH)–C–C–N with tert-alkyl or cyclic N) is 1. The zero-order chi connectivity index (χ0) is 16.5. The lowest BCUT2D eigenvalue weighted by molar-refractivity contribution is 0.0758. The summed E-state index contributed by atoms with van der Waals surface area (Å²) in [6, 6.07) is 11.4. The normalized spacial score (nSPS) is 22.0. The first kappa shape index (κ1) is 16.7. The van der Waals surface area contributed by atoms with Crippen molar-refractivity contribution >= 4 is 27.7 Å². The summed E-state index contributed by atoms with van der Waals surface area (Å²) in [5.41, 5.74) is 1.42. The molecule has 0 spiro atoms. The van der Waals surface area contributed by atoms with Crippen molar-refractivity contribution in [2.45, 2.75) is 22.5 Å². The van der Waals surface area contributed by atoms with E-state index in [9.17, 15) is 0 Å². The van der Waals surface area contributed by atoms with E-state index >= 15 is 0 Å². The average Bonchev–Trinajstić information content (AvgIpc) is 2.96. The zero-order valence-electron chi connectivity index (χ0n) is 13.6. The van der Waals surface area contributed by atoms with Gasteiger partial charge in [0.1, 0.15) is 0 Å². The van der Waals surface area contributed by atoms with E-state index in [2.05, 4.69) is 66.8 Å². The van der Waals surface area contributed by atoms with Crippen LogP contribution in [0, 0.1) is 0 Å². The second-order valence-electron chi connectivity index (χ2n) is 6.40. The number of piperazine rings is 1. The summed E-state index contributed by atoms with van der Waals surface area (Å²) in [6.45, 7) is 6.22. The van der Waals surface area contributed by atoms with Crippen molar-refractivity contribution < 1.29 is 5.11 Å². The number of aliphatic hydroxyl groups excluding tert-OH is 1. The Bertz CT molecular complexity index is 712. The van der Waals surface area contributed by atoms with Gasteiger partial charge in [0.15, 0.2) is 0 Å². The van der Waals surface area contributed by atoms with Crippen LogP contribution in [-0.4, -0.2) is 58.8 Å². The lowest BCUT2D eigenvalue weighted by atomic mass is 10.0. The van der Waals surface area contributed by atoms with Gasteiger partial charge in [-0.05, 0) is 35.9 Å². The summed E-state index contributed by atoms with van der Waals surface area (Å²) in [4.78, 5) is 6.32. The minimum absolute atomic E-state index is 0.253. The monoisotopic (exact) mass is 407 g/mol. The van der Waals surface area contributed by atoms with E-state index in [1.807, 2.05) is 11.8 Å². The quantitative estimate of drug-likeness (QED) is 0.846. The molecule has 1 aromatic carbocycles. The van der Waals surface area contributed by atoms with Crippen LogP contribution in [0.5, 0.6) is 0 Å². The highest BCUT2D eigenvalue weighted by Crippen LogP contribution is 2.41. The van der Waals surface area contributed by atoms with Crippen LogP contribution >= 0.6 is 27.7 Å². The first-order valence-electron chi connectivity index (χ1n) is 8.44. The number of nitrogens with zero attached hydrogens (tertiary/aromatic N) is 3. The maximum Gasteiger partial charge on any atom is 0.0797 e. The number of rotatable bonds is 3. The van der Waals surface area contributed by atoms with Gasteiger partial charge in [0.05, 0.1) is 17.7 Å². The van der Waals surface area contributed by atoms with Crippen molar-refractivity contribution in [2.24, 2.45) is 0 Å². The van der Waals surface area contributed by atoms with E-state index < -0.39 is 0 Å². The molecule has 0 bridgehead atoms. The predicted molar refractivity (Wildman–Crippen MR) is 101 cm³/mol. The Kier molecular flexibility index (Phi) is 5.01. The molecule has 4 rings (SSSR count). The molecule has 128 valence electrons. The third-order valence-electron chi connectivity index (χ3n) is 4.97. The number of aromatic nitrogens is 1. The molecule has 2 aromatic rings. The molecule has 1 N–H and O–H groups in total. The summed E-state index contributed by atoms with van der Waals surface area (Å²) in [5, 5.41) is 10.5. The molecule has 0 unspecified atom stereocenters. The summed E-state index contributed by atoms with van der Waals surface area (Å²) < 4.78 is 3.53. The molecule has 0 radical (unpaired) electrons. The number of hydrogen-bond acceptors (Lipinski definition) is 4. The Morgan fingerprint density at radius 3 is 2.79 bits per heavy atom. The van der Waals surface area contributed by atoms with Gasteiger partial charge in [-0.1, -0.05) is 27.7 Å². The molecule has 0 amide bonds. The van der Waals surface area contributed by atoms with E-state index in [-0.39, 0.29) is 6.61 Å². The van der Waals surface area contributed by atoms with Crippen LogP contribution in [0.4, 0.5) is 0 Å². The SMILES string of the molecule is OCCN1CCN([C@H]2Cn3cccc3Sc3ccc(Br)cc32)CC1. The fourth-order valence-electron chi connectivity index (χ4n) is 3.66. The van der Waals surface area contributed by atoms with Gasteiger partial charge in [-0.15, -0.1) is 0 Å². The van der Waals surface area contributed by atoms with Crippen LogP contribution in [0.15, 0.2) is 50.9 Å². The highest BCUT2D eigenvalue weighted by Gasteiger charge is 2.29. The number of halogens is 1. The van der Waals surface area contributed by atoms with Gasteiger partial charge in [-0.2, -0.15) is 0 Å². The highest BCUT2D eigenvalue weighted by atomic mass is 79.9. The van der Waals surface area contributed by atoms with E-state index in [4.69, 9.17) is 5.11 Å². The number of aliphatic hydroxyl groups is 1. The van der Waals surface area contributed by atoms with E-state index in [1.54, 1.807) is 0 Å². The second kappa shape index (κ2) is 7.22. The smallest absolute Gasteiger partial charge is 0.0797 e. The molecule has 1 fully saturated rings. The lowest BCUT2D eigenvalue weighted by Gasteiger charge is -2.39. The largest absolute Gasteiger partial charge is 0.395 e. The molecule has 1 atom stereocenters. The number of hydrogen-bond donors (Lipinski definition) is 1. The predicted octanol–water partition coefficient (Wildman–Crippen LogP) is 3.07. The lowest BCUT2D eigenvalue weighted by Crippen LogP contribution is -2.48. The minimum Gasteiger partial charge on any atom is -0.395 e. The first-order chi connectivity index (χ1) is 11.7. The summed E-state index contributed by atoms with van der Waals surface area (Å²) in [6.07, 6.45) is 2.19. The molecular formula is C18H22BrN3OS. The van der Waals surface area contributed by atoms with Crippen LogP contribution in [0.2, 0.25) is 0 Å². The topological polar surface area (TPSA) is 31.6 Å². The fraction of sp³-hybridized carbons (Fsp3) is 0.444. The second-order valence-corrected chi connectivity index (χ2v) is 8.38. The number of fused-ring (bicyclic) bond motifs is 2. The first-order valence-corrected chi connectivity index (χ1v) is 10.1. The van der Waals surface area contributed by atoms with Crippen LogP contribution < -0.4 is 0 Å². The van der Waals surface area contributed by atoms with Crippen molar-refractivity contribution in [1.29, 1.82) is 0 Å². The molecule has 2 aliphatic rings. The number of benzene rings is 1. The van der Waals surface area contributed by atoms with Gasteiger partial charge in [-0.25, -0.2) is 0 Å². The summed E-state index contributed by atoms with van der Waals surface area (Å²) >= 11 is 5.52. The third kappa shape index (κ3) is 3.30. The Hall–Kier alpha value is -0.790. The summed E-state index contributed by atoms with van der Waals surface area (Å²) in [5.74, 6) is 0. The molecule has 0 saturated carbocycles. The highest BCUT2D eigenvalue weighted by molar-refractivity contribution is 9.10. The van der Waals surface area contributed by atoms with Gasteiger partial charge < -0.3 is 9.67 Å². The van der Waals surface area contributed by atoms with Crippen molar-refractivity contribution in [3.63, 3.8) is 0 Å². The van der Waals surface area contributed by atoms with E-state index in [0.29, 0.717) is 6.04 Å². The maximum absolute atomic E-state index is 9.15. The van der Waals surface area contributed by atoms with Gasteiger partial charge in [0.25, 0.3) is 0 Å². The van der Waals surface area contributed by atoms with Gasteiger partial charge in [0, 0.05) is 54.8 Å². The van der Waals surface area contributed by atoms with Crippen LogP contribution in [0.25, 0.3) is 0 Å². The molecule has 24 heavy (non-hydrogen) atoms. The van der Waals surface area contributed by atoms with Gasteiger partial charge in [-0.3, -0.25) is 9.80 Å². The molecule has 2 aliphatic heterocycles. The van der Waals surface area contributed by atoms with Crippen molar-refractivity contribution in [1.82, 2.24) is 14.4 Å². The summed E-state index contributed by atoms with van der Waals surface area (Å²) in [7, 11) is 0. The Labute approximate surface area is 155 Å². The molecule has 3 heterocycles. The van der Waals surface area contributed by atoms with Gasteiger partial charge >= 0.3 is 0 Å². The maximum atomic E-state index is 9.15.